The number of aromatic nitrogens is 4. The van der Waals surface area contributed by atoms with Crippen LogP contribution >= 0.6 is 0 Å². The van der Waals surface area contributed by atoms with E-state index in [4.69, 9.17) is 0 Å². The highest BCUT2D eigenvalue weighted by atomic mass is 32.2. The second kappa shape index (κ2) is 10.4. The van der Waals surface area contributed by atoms with E-state index in [9.17, 15) is 22.6 Å². The van der Waals surface area contributed by atoms with Gasteiger partial charge in [-0.25, -0.2) is 4.98 Å². The molecule has 0 spiro atoms. The van der Waals surface area contributed by atoms with Crippen molar-refractivity contribution < 1.29 is 17.8 Å². The highest BCUT2D eigenvalue weighted by Gasteiger charge is 2.33. The largest absolute Gasteiger partial charge is 0.359 e. The predicted molar refractivity (Wildman–Crippen MR) is 118 cm³/mol. The molecule has 0 bridgehead atoms. The number of nitrogens with zero attached hydrogens (tertiary/aromatic N) is 4. The Morgan fingerprint density at radius 3 is 2.61 bits per heavy atom. The number of carbonyl (C=O) groups is 1. The number of amides is 1. The van der Waals surface area contributed by atoms with Gasteiger partial charge in [-0.05, 0) is 31.2 Å². The van der Waals surface area contributed by atoms with E-state index in [-0.39, 0.29) is 18.9 Å². The summed E-state index contributed by atoms with van der Waals surface area (Å²) < 4.78 is 41.6. The Morgan fingerprint density at radius 1 is 1.15 bits per heavy atom. The number of rotatable bonds is 9. The van der Waals surface area contributed by atoms with Crippen molar-refractivity contribution in [2.24, 2.45) is 0 Å². The van der Waals surface area contributed by atoms with Crippen LogP contribution in [0.4, 0.5) is 14.6 Å². The average Bonchev–Trinajstić information content (AvgIpc) is 2.80. The molecule has 0 fully saturated rings. The van der Waals surface area contributed by atoms with Gasteiger partial charge in [0, 0.05) is 30.5 Å². The van der Waals surface area contributed by atoms with Crippen molar-refractivity contribution in [1.29, 1.82) is 0 Å². The SMILES string of the molecule is Cc1cnc(NCC(F)(F)c2ccccn2)c(=O)n1CC(=O)NCc1ncccc1S(C)=O. The molecule has 0 aliphatic rings. The predicted octanol–water partition coefficient (Wildman–Crippen LogP) is 1.60. The summed E-state index contributed by atoms with van der Waals surface area (Å²) in [6.45, 7) is 0.355. The summed E-state index contributed by atoms with van der Waals surface area (Å²) in [4.78, 5) is 37.3. The molecule has 3 heterocycles. The number of hydrogen-bond donors (Lipinski definition) is 2. The minimum atomic E-state index is -3.33. The summed E-state index contributed by atoms with van der Waals surface area (Å²) in [5.41, 5.74) is -0.323. The first kappa shape index (κ1) is 24.1. The van der Waals surface area contributed by atoms with Gasteiger partial charge in [0.1, 0.15) is 12.2 Å². The van der Waals surface area contributed by atoms with E-state index in [1.165, 1.54) is 43.0 Å². The lowest BCUT2D eigenvalue weighted by atomic mass is 10.2. The standard InChI is InChI=1S/C21H22F2N6O3S/c1-14-10-27-19(28-13-21(22,23)17-7-3-4-8-25-17)20(31)29(14)12-18(30)26-11-15-16(33(2)32)6-5-9-24-15/h3-10H,11-13H2,1-2H3,(H,26,30)(H,27,28). The van der Waals surface area contributed by atoms with Gasteiger partial charge in [-0.15, -0.1) is 0 Å². The molecule has 1 unspecified atom stereocenters. The molecule has 3 rings (SSSR count). The molecule has 0 aromatic carbocycles. The van der Waals surface area contributed by atoms with Crippen molar-refractivity contribution in [3.8, 4) is 0 Å². The lowest BCUT2D eigenvalue weighted by Crippen LogP contribution is -2.36. The first-order valence-electron chi connectivity index (χ1n) is 9.82. The first-order chi connectivity index (χ1) is 15.7. The number of pyridine rings is 2. The van der Waals surface area contributed by atoms with Crippen molar-refractivity contribution in [2.75, 3.05) is 18.1 Å². The highest BCUT2D eigenvalue weighted by molar-refractivity contribution is 7.84. The first-order valence-corrected chi connectivity index (χ1v) is 11.4. The Morgan fingerprint density at radius 2 is 1.91 bits per heavy atom. The Hall–Kier alpha value is -3.54. The Labute approximate surface area is 190 Å². The molecule has 12 heteroatoms. The van der Waals surface area contributed by atoms with Gasteiger partial charge < -0.3 is 10.6 Å². The van der Waals surface area contributed by atoms with Crippen molar-refractivity contribution in [3.05, 3.63) is 76.4 Å². The summed E-state index contributed by atoms with van der Waals surface area (Å²) in [6, 6.07) is 7.45. The number of alkyl halides is 2. The maximum atomic E-state index is 14.4. The molecular formula is C21H22F2N6O3S. The minimum absolute atomic E-state index is 0.0227. The second-order valence-electron chi connectivity index (χ2n) is 7.09. The fourth-order valence-corrected chi connectivity index (χ4v) is 3.68. The van der Waals surface area contributed by atoms with Gasteiger partial charge in [0.15, 0.2) is 5.82 Å². The van der Waals surface area contributed by atoms with E-state index < -0.39 is 40.4 Å². The van der Waals surface area contributed by atoms with Crippen LogP contribution in [-0.4, -0.2) is 42.4 Å². The lowest BCUT2D eigenvalue weighted by Gasteiger charge is -2.17. The maximum absolute atomic E-state index is 14.4. The average molecular weight is 477 g/mol. The van der Waals surface area contributed by atoms with E-state index in [1.807, 2.05) is 0 Å². The second-order valence-corrected chi connectivity index (χ2v) is 8.44. The number of anilines is 1. The maximum Gasteiger partial charge on any atom is 0.306 e. The van der Waals surface area contributed by atoms with Crippen LogP contribution in [0.25, 0.3) is 0 Å². The third-order valence-electron chi connectivity index (χ3n) is 4.68. The molecular weight excluding hydrogens is 454 g/mol. The summed E-state index contributed by atoms with van der Waals surface area (Å²) in [5, 5.41) is 4.99. The normalized spacial score (nSPS) is 12.2. The Bertz CT molecular complexity index is 1220. The summed E-state index contributed by atoms with van der Waals surface area (Å²) >= 11 is 0. The Balaban J connectivity index is 1.69. The quantitative estimate of drug-likeness (QED) is 0.482. The van der Waals surface area contributed by atoms with Gasteiger partial charge >= 0.3 is 5.92 Å². The molecule has 3 aromatic rings. The molecule has 1 atom stereocenters. The fraction of sp³-hybridized carbons (Fsp3) is 0.286. The fourth-order valence-electron chi connectivity index (χ4n) is 2.95. The zero-order valence-corrected chi connectivity index (χ0v) is 18.7. The van der Waals surface area contributed by atoms with Gasteiger partial charge in [0.05, 0.1) is 34.5 Å². The number of nitrogens with one attached hydrogen (secondary N) is 2. The van der Waals surface area contributed by atoms with E-state index in [0.717, 1.165) is 4.57 Å². The summed E-state index contributed by atoms with van der Waals surface area (Å²) in [6.07, 6.45) is 5.60. The third kappa shape index (κ3) is 6.04. The van der Waals surface area contributed by atoms with E-state index in [0.29, 0.717) is 16.3 Å². The molecule has 0 aliphatic heterocycles. The van der Waals surface area contributed by atoms with Crippen LogP contribution in [0.3, 0.4) is 0 Å². The lowest BCUT2D eigenvalue weighted by molar-refractivity contribution is -0.121. The molecule has 174 valence electrons. The monoisotopic (exact) mass is 476 g/mol. The minimum Gasteiger partial charge on any atom is -0.359 e. The Kier molecular flexibility index (Phi) is 7.59. The molecule has 0 saturated carbocycles. The molecule has 0 aliphatic carbocycles. The van der Waals surface area contributed by atoms with Crippen LogP contribution in [0.15, 0.2) is 58.6 Å². The van der Waals surface area contributed by atoms with Crippen LogP contribution in [0.1, 0.15) is 17.1 Å². The smallest absolute Gasteiger partial charge is 0.306 e. The number of hydrogen-bond acceptors (Lipinski definition) is 7. The zero-order valence-electron chi connectivity index (χ0n) is 17.9. The van der Waals surface area contributed by atoms with Gasteiger partial charge in [0.25, 0.3) is 5.56 Å². The van der Waals surface area contributed by atoms with Crippen LogP contribution < -0.4 is 16.2 Å². The molecule has 3 aromatic heterocycles. The van der Waals surface area contributed by atoms with E-state index in [1.54, 1.807) is 19.1 Å². The van der Waals surface area contributed by atoms with Crippen molar-refractivity contribution in [3.63, 3.8) is 0 Å². The third-order valence-corrected chi connectivity index (χ3v) is 5.68. The van der Waals surface area contributed by atoms with Gasteiger partial charge in [-0.2, -0.15) is 8.78 Å². The summed E-state index contributed by atoms with van der Waals surface area (Å²) in [7, 11) is -1.28. The van der Waals surface area contributed by atoms with Crippen molar-refractivity contribution >= 4 is 22.5 Å². The van der Waals surface area contributed by atoms with Crippen LogP contribution in [-0.2, 0) is 34.6 Å². The van der Waals surface area contributed by atoms with E-state index in [2.05, 4.69) is 25.6 Å². The number of halogens is 2. The van der Waals surface area contributed by atoms with Crippen molar-refractivity contribution in [2.45, 2.75) is 30.8 Å². The summed E-state index contributed by atoms with van der Waals surface area (Å²) in [5.74, 6) is -4.14. The van der Waals surface area contributed by atoms with Gasteiger partial charge in [0.2, 0.25) is 5.91 Å². The molecule has 0 radical (unpaired) electrons. The topological polar surface area (TPSA) is 119 Å². The molecule has 33 heavy (non-hydrogen) atoms. The molecule has 9 nitrogen and oxygen atoms in total. The van der Waals surface area contributed by atoms with Gasteiger partial charge in [-0.1, -0.05) is 6.07 Å². The zero-order chi connectivity index (χ0) is 24.0. The number of aryl methyl sites for hydroxylation is 1. The van der Waals surface area contributed by atoms with Crippen molar-refractivity contribution in [1.82, 2.24) is 24.8 Å². The van der Waals surface area contributed by atoms with Crippen LogP contribution in [0.5, 0.6) is 0 Å². The van der Waals surface area contributed by atoms with Crippen LogP contribution in [0.2, 0.25) is 0 Å². The van der Waals surface area contributed by atoms with Gasteiger partial charge in [-0.3, -0.25) is 28.3 Å². The molecule has 2 N–H and O–H groups in total. The van der Waals surface area contributed by atoms with Crippen LogP contribution in [0, 0.1) is 6.92 Å². The molecule has 0 saturated heterocycles. The van der Waals surface area contributed by atoms with E-state index >= 15 is 0 Å². The highest BCUT2D eigenvalue weighted by Crippen LogP contribution is 2.25. The number of carbonyl (C=O) groups excluding carboxylic acids is 1. The molecule has 1 amide bonds.